The van der Waals surface area contributed by atoms with Gasteiger partial charge in [-0.05, 0) is 27.7 Å². The Balaban J connectivity index is 2.33. The molecule has 0 radical (unpaired) electrons. The number of ether oxygens (including phenoxy) is 1. The molecule has 1 heterocycles. The number of carbonyl (C=O) groups is 1. The zero-order valence-corrected chi connectivity index (χ0v) is 14.4. The monoisotopic (exact) mass is 313 g/mol. The van der Waals surface area contributed by atoms with Crippen LogP contribution in [-0.2, 0) is 9.53 Å². The maximum absolute atomic E-state index is 11.8. The lowest BCUT2D eigenvalue weighted by atomic mass is 10.1. The quantitative estimate of drug-likeness (QED) is 0.467. The van der Waals surface area contributed by atoms with E-state index in [1.807, 2.05) is 27.7 Å². The highest BCUT2D eigenvalue weighted by atomic mass is 16.5. The van der Waals surface area contributed by atoms with Gasteiger partial charge in [-0.15, -0.1) is 0 Å². The van der Waals surface area contributed by atoms with E-state index in [-0.39, 0.29) is 18.0 Å². The molecular formula is C15H31N5O2. The third-order valence-corrected chi connectivity index (χ3v) is 3.06. The molecule has 128 valence electrons. The van der Waals surface area contributed by atoms with E-state index in [1.165, 1.54) is 0 Å². The minimum absolute atomic E-state index is 0.0714. The molecule has 0 aromatic carbocycles. The van der Waals surface area contributed by atoms with E-state index >= 15 is 0 Å². The van der Waals surface area contributed by atoms with Crippen molar-refractivity contribution in [1.82, 2.24) is 20.9 Å². The summed E-state index contributed by atoms with van der Waals surface area (Å²) in [6.07, 6.45) is 0. The Morgan fingerprint density at radius 1 is 1.23 bits per heavy atom. The normalized spacial score (nSPS) is 17.2. The molecule has 3 N–H and O–H groups in total. The first-order valence-corrected chi connectivity index (χ1v) is 8.04. The van der Waals surface area contributed by atoms with Gasteiger partial charge in [-0.1, -0.05) is 0 Å². The molecule has 7 heteroatoms. The number of rotatable bonds is 6. The minimum atomic E-state index is -0.227. The van der Waals surface area contributed by atoms with Crippen molar-refractivity contribution in [2.45, 2.75) is 33.2 Å². The Labute approximate surface area is 133 Å². The molecule has 1 aliphatic heterocycles. The van der Waals surface area contributed by atoms with Gasteiger partial charge in [-0.2, -0.15) is 0 Å². The first-order chi connectivity index (χ1) is 10.4. The van der Waals surface area contributed by atoms with Crippen LogP contribution in [0.2, 0.25) is 0 Å². The van der Waals surface area contributed by atoms with Crippen molar-refractivity contribution in [3.8, 4) is 0 Å². The van der Waals surface area contributed by atoms with Crippen molar-refractivity contribution in [2.24, 2.45) is 4.99 Å². The Hall–Kier alpha value is -1.34. The lowest BCUT2D eigenvalue weighted by molar-refractivity contribution is -0.121. The lowest BCUT2D eigenvalue weighted by Gasteiger charge is -2.26. The zero-order chi connectivity index (χ0) is 16.4. The van der Waals surface area contributed by atoms with Crippen LogP contribution in [0.3, 0.4) is 0 Å². The van der Waals surface area contributed by atoms with Crippen molar-refractivity contribution in [3.63, 3.8) is 0 Å². The fraction of sp³-hybridized carbons (Fsp3) is 0.867. The Bertz CT molecular complexity index is 359. The van der Waals surface area contributed by atoms with E-state index in [4.69, 9.17) is 4.74 Å². The van der Waals surface area contributed by atoms with E-state index < -0.39 is 0 Å². The number of morpholine rings is 1. The first kappa shape index (κ1) is 18.7. The Kier molecular flexibility index (Phi) is 8.19. The molecule has 1 fully saturated rings. The summed E-state index contributed by atoms with van der Waals surface area (Å²) in [5.74, 6) is 0.609. The molecule has 0 bridgehead atoms. The molecule has 0 aromatic rings. The first-order valence-electron chi connectivity index (χ1n) is 8.04. The number of hydrogen-bond acceptors (Lipinski definition) is 4. The van der Waals surface area contributed by atoms with Gasteiger partial charge in [-0.25, -0.2) is 4.99 Å². The summed E-state index contributed by atoms with van der Waals surface area (Å²) in [6.45, 7) is 14.1. The predicted octanol–water partition coefficient (Wildman–Crippen LogP) is -0.212. The maximum Gasteiger partial charge on any atom is 0.242 e. The van der Waals surface area contributed by atoms with E-state index in [2.05, 4.69) is 25.8 Å². The van der Waals surface area contributed by atoms with Gasteiger partial charge in [0.2, 0.25) is 5.91 Å². The molecule has 1 amide bonds. The summed E-state index contributed by atoms with van der Waals surface area (Å²) in [4.78, 5) is 18.5. The van der Waals surface area contributed by atoms with Gasteiger partial charge in [0.15, 0.2) is 5.96 Å². The van der Waals surface area contributed by atoms with Crippen LogP contribution in [-0.4, -0.2) is 74.8 Å². The average molecular weight is 313 g/mol. The molecule has 1 saturated heterocycles. The van der Waals surface area contributed by atoms with E-state index in [1.54, 1.807) is 0 Å². The van der Waals surface area contributed by atoms with E-state index in [0.29, 0.717) is 5.96 Å². The topological polar surface area (TPSA) is 78.0 Å². The smallest absolute Gasteiger partial charge is 0.242 e. The van der Waals surface area contributed by atoms with Crippen molar-refractivity contribution < 1.29 is 9.53 Å². The van der Waals surface area contributed by atoms with Gasteiger partial charge in [0.05, 0.1) is 13.2 Å². The van der Waals surface area contributed by atoms with Crippen molar-refractivity contribution >= 4 is 11.9 Å². The molecule has 0 aliphatic carbocycles. The fourth-order valence-corrected chi connectivity index (χ4v) is 2.11. The van der Waals surface area contributed by atoms with Gasteiger partial charge >= 0.3 is 0 Å². The molecule has 0 saturated carbocycles. The molecular weight excluding hydrogens is 282 g/mol. The van der Waals surface area contributed by atoms with Crippen molar-refractivity contribution in [1.29, 1.82) is 0 Å². The second kappa shape index (κ2) is 9.63. The second-order valence-electron chi connectivity index (χ2n) is 6.37. The second-order valence-corrected chi connectivity index (χ2v) is 6.37. The molecule has 7 nitrogen and oxygen atoms in total. The number of hydrogen-bond donors (Lipinski definition) is 3. The largest absolute Gasteiger partial charge is 0.379 e. The van der Waals surface area contributed by atoms with Gasteiger partial charge in [0.1, 0.15) is 6.54 Å². The SMILES string of the molecule is CCNC(=NCC(=O)NC(C)(C)C)NCCN1CCOCC1. The minimum Gasteiger partial charge on any atom is -0.379 e. The number of aliphatic imine (C=N–C) groups is 1. The number of amides is 1. The number of guanidine groups is 1. The molecule has 22 heavy (non-hydrogen) atoms. The molecule has 0 atom stereocenters. The standard InChI is InChI=1S/C15H31N5O2/c1-5-16-14(18-12-13(21)19-15(2,3)4)17-6-7-20-8-10-22-11-9-20/h5-12H2,1-4H3,(H,19,21)(H2,16,17,18). The van der Waals surface area contributed by atoms with Crippen LogP contribution in [0.25, 0.3) is 0 Å². The van der Waals surface area contributed by atoms with Crippen molar-refractivity contribution in [2.75, 3.05) is 52.5 Å². The molecule has 0 spiro atoms. The fourth-order valence-electron chi connectivity index (χ4n) is 2.11. The number of nitrogens with zero attached hydrogens (tertiary/aromatic N) is 2. The predicted molar refractivity (Wildman–Crippen MR) is 89.1 cm³/mol. The Morgan fingerprint density at radius 3 is 2.50 bits per heavy atom. The molecule has 1 aliphatic rings. The molecule has 1 rings (SSSR count). The zero-order valence-electron chi connectivity index (χ0n) is 14.4. The van der Waals surface area contributed by atoms with Crippen LogP contribution in [0.5, 0.6) is 0 Å². The highest BCUT2D eigenvalue weighted by Gasteiger charge is 2.13. The maximum atomic E-state index is 11.8. The lowest BCUT2D eigenvalue weighted by Crippen LogP contribution is -2.45. The van der Waals surface area contributed by atoms with Crippen LogP contribution in [0, 0.1) is 0 Å². The number of nitrogens with one attached hydrogen (secondary N) is 3. The summed E-state index contributed by atoms with van der Waals surface area (Å²) < 4.78 is 5.33. The molecule has 0 aromatic heterocycles. The third kappa shape index (κ3) is 8.84. The van der Waals surface area contributed by atoms with Crippen LogP contribution < -0.4 is 16.0 Å². The third-order valence-electron chi connectivity index (χ3n) is 3.06. The highest BCUT2D eigenvalue weighted by molar-refractivity contribution is 5.85. The highest BCUT2D eigenvalue weighted by Crippen LogP contribution is 1.97. The van der Waals surface area contributed by atoms with Gasteiger partial charge in [0.25, 0.3) is 0 Å². The summed E-state index contributed by atoms with van der Waals surface area (Å²) >= 11 is 0. The van der Waals surface area contributed by atoms with Gasteiger partial charge < -0.3 is 20.7 Å². The van der Waals surface area contributed by atoms with Crippen LogP contribution in [0.4, 0.5) is 0 Å². The van der Waals surface area contributed by atoms with Crippen LogP contribution >= 0.6 is 0 Å². The summed E-state index contributed by atoms with van der Waals surface area (Å²) in [6, 6.07) is 0. The summed E-state index contributed by atoms with van der Waals surface area (Å²) in [5, 5.41) is 9.32. The number of carbonyl (C=O) groups excluding carboxylic acids is 1. The van der Waals surface area contributed by atoms with Crippen LogP contribution in [0.1, 0.15) is 27.7 Å². The average Bonchev–Trinajstić information content (AvgIpc) is 2.44. The van der Waals surface area contributed by atoms with Gasteiger partial charge in [-0.3, -0.25) is 9.69 Å². The van der Waals surface area contributed by atoms with E-state index in [9.17, 15) is 4.79 Å². The summed E-state index contributed by atoms with van der Waals surface area (Å²) in [5.41, 5.74) is -0.227. The van der Waals surface area contributed by atoms with Crippen molar-refractivity contribution in [3.05, 3.63) is 0 Å². The molecule has 0 unspecified atom stereocenters. The van der Waals surface area contributed by atoms with Crippen LogP contribution in [0.15, 0.2) is 4.99 Å². The summed E-state index contributed by atoms with van der Waals surface area (Å²) in [7, 11) is 0. The Morgan fingerprint density at radius 2 is 1.91 bits per heavy atom. The van der Waals surface area contributed by atoms with E-state index in [0.717, 1.165) is 45.9 Å². The van der Waals surface area contributed by atoms with Gasteiger partial charge in [0, 0.05) is 38.3 Å².